The van der Waals surface area contributed by atoms with Gasteiger partial charge in [0.05, 0.1) is 13.7 Å². The van der Waals surface area contributed by atoms with E-state index in [-0.39, 0.29) is 5.78 Å². The molecule has 2 aromatic carbocycles. The SMILES string of the molecule is CCCCCOc1ccc(/C=C/C(=O)c2ccc(OC)cc2)cc1. The van der Waals surface area contributed by atoms with Crippen LogP contribution in [-0.2, 0) is 0 Å². The molecule has 0 aliphatic heterocycles. The molecule has 0 saturated heterocycles. The minimum atomic E-state index is -0.0301. The molecular formula is C21H24O3. The molecular weight excluding hydrogens is 300 g/mol. The van der Waals surface area contributed by atoms with Gasteiger partial charge in [0.1, 0.15) is 11.5 Å². The average Bonchev–Trinajstić information content (AvgIpc) is 2.64. The summed E-state index contributed by atoms with van der Waals surface area (Å²) in [6, 6.07) is 14.9. The Hall–Kier alpha value is -2.55. The molecule has 2 aromatic rings. The molecule has 3 nitrogen and oxygen atoms in total. The van der Waals surface area contributed by atoms with Crippen LogP contribution in [-0.4, -0.2) is 19.5 Å². The van der Waals surface area contributed by atoms with Crippen molar-refractivity contribution >= 4 is 11.9 Å². The van der Waals surface area contributed by atoms with Gasteiger partial charge in [-0.2, -0.15) is 0 Å². The topological polar surface area (TPSA) is 35.5 Å². The van der Waals surface area contributed by atoms with Gasteiger partial charge < -0.3 is 9.47 Å². The first-order valence-corrected chi connectivity index (χ1v) is 8.32. The molecule has 0 saturated carbocycles. The molecule has 3 heteroatoms. The van der Waals surface area contributed by atoms with Gasteiger partial charge in [0, 0.05) is 5.56 Å². The van der Waals surface area contributed by atoms with Gasteiger partial charge >= 0.3 is 0 Å². The molecule has 0 atom stereocenters. The van der Waals surface area contributed by atoms with Crippen LogP contribution in [0.25, 0.3) is 6.08 Å². The minimum absolute atomic E-state index is 0.0301. The van der Waals surface area contributed by atoms with Crippen molar-refractivity contribution in [3.8, 4) is 11.5 Å². The molecule has 0 amide bonds. The van der Waals surface area contributed by atoms with Crippen LogP contribution in [0.2, 0.25) is 0 Å². The van der Waals surface area contributed by atoms with Gasteiger partial charge in [0.25, 0.3) is 0 Å². The van der Waals surface area contributed by atoms with Crippen LogP contribution < -0.4 is 9.47 Å². The van der Waals surface area contributed by atoms with Crippen molar-refractivity contribution in [3.05, 3.63) is 65.7 Å². The first-order chi connectivity index (χ1) is 11.7. The average molecular weight is 324 g/mol. The van der Waals surface area contributed by atoms with Gasteiger partial charge in [-0.05, 0) is 54.5 Å². The lowest BCUT2D eigenvalue weighted by Crippen LogP contribution is -1.96. The van der Waals surface area contributed by atoms with E-state index >= 15 is 0 Å². The molecule has 0 aliphatic carbocycles. The van der Waals surface area contributed by atoms with Crippen LogP contribution in [0.1, 0.15) is 42.1 Å². The Bertz CT molecular complexity index is 654. The third-order valence-electron chi connectivity index (χ3n) is 3.70. The summed E-state index contributed by atoms with van der Waals surface area (Å²) in [5.74, 6) is 1.58. The predicted molar refractivity (Wildman–Crippen MR) is 97.8 cm³/mol. The van der Waals surface area contributed by atoms with Crippen molar-refractivity contribution in [2.24, 2.45) is 0 Å². The van der Waals surface area contributed by atoms with Gasteiger partial charge in [0.2, 0.25) is 0 Å². The Morgan fingerprint density at radius 3 is 2.25 bits per heavy atom. The second-order valence-electron chi connectivity index (χ2n) is 5.55. The number of ether oxygens (including phenoxy) is 2. The zero-order chi connectivity index (χ0) is 17.2. The lowest BCUT2D eigenvalue weighted by Gasteiger charge is -2.05. The number of hydrogen-bond acceptors (Lipinski definition) is 3. The first kappa shape index (κ1) is 17.8. The Morgan fingerprint density at radius 1 is 0.958 bits per heavy atom. The molecule has 0 radical (unpaired) electrons. The van der Waals surface area contributed by atoms with Crippen LogP contribution in [0, 0.1) is 0 Å². The van der Waals surface area contributed by atoms with Gasteiger partial charge in [0.15, 0.2) is 5.78 Å². The smallest absolute Gasteiger partial charge is 0.185 e. The fourth-order valence-corrected chi connectivity index (χ4v) is 2.24. The number of unbranched alkanes of at least 4 members (excludes halogenated alkanes) is 2. The Morgan fingerprint density at radius 2 is 1.62 bits per heavy atom. The first-order valence-electron chi connectivity index (χ1n) is 8.32. The maximum Gasteiger partial charge on any atom is 0.185 e. The number of carbonyl (C=O) groups excluding carboxylic acids is 1. The van der Waals surface area contributed by atoms with E-state index < -0.39 is 0 Å². The zero-order valence-corrected chi connectivity index (χ0v) is 14.3. The van der Waals surface area contributed by atoms with E-state index in [1.807, 2.05) is 30.3 Å². The van der Waals surface area contributed by atoms with Gasteiger partial charge in [-0.15, -0.1) is 0 Å². The minimum Gasteiger partial charge on any atom is -0.497 e. The Kier molecular flexibility index (Phi) is 7.09. The van der Waals surface area contributed by atoms with E-state index in [0.717, 1.165) is 30.1 Å². The van der Waals surface area contributed by atoms with Crippen LogP contribution in [0.15, 0.2) is 54.6 Å². The standard InChI is InChI=1S/C21H24O3/c1-3-4-5-16-24-20-11-6-17(7-12-20)8-15-21(22)18-9-13-19(23-2)14-10-18/h6-15H,3-5,16H2,1-2H3/b15-8+. The highest BCUT2D eigenvalue weighted by molar-refractivity contribution is 6.06. The molecule has 0 heterocycles. The quantitative estimate of drug-likeness (QED) is 0.363. The van der Waals surface area contributed by atoms with Gasteiger partial charge in [-0.3, -0.25) is 4.79 Å². The molecule has 0 N–H and O–H groups in total. The third kappa shape index (κ3) is 5.58. The molecule has 0 aliphatic rings. The second-order valence-corrected chi connectivity index (χ2v) is 5.55. The molecule has 0 spiro atoms. The summed E-state index contributed by atoms with van der Waals surface area (Å²) in [7, 11) is 1.61. The highest BCUT2D eigenvalue weighted by Gasteiger charge is 2.02. The van der Waals surface area contributed by atoms with Crippen LogP contribution in [0.4, 0.5) is 0 Å². The van der Waals surface area contributed by atoms with Crippen LogP contribution >= 0.6 is 0 Å². The highest BCUT2D eigenvalue weighted by Crippen LogP contribution is 2.15. The number of methoxy groups -OCH3 is 1. The highest BCUT2D eigenvalue weighted by atomic mass is 16.5. The lowest BCUT2D eigenvalue weighted by atomic mass is 10.1. The third-order valence-corrected chi connectivity index (χ3v) is 3.70. The second kappa shape index (κ2) is 9.56. The van der Waals surface area contributed by atoms with E-state index in [4.69, 9.17) is 9.47 Å². The summed E-state index contributed by atoms with van der Waals surface area (Å²) in [6.07, 6.45) is 6.85. The summed E-state index contributed by atoms with van der Waals surface area (Å²) < 4.78 is 10.8. The van der Waals surface area contributed by atoms with Crippen molar-refractivity contribution in [1.29, 1.82) is 0 Å². The summed E-state index contributed by atoms with van der Waals surface area (Å²) in [4.78, 5) is 12.1. The van der Waals surface area contributed by atoms with E-state index in [1.165, 1.54) is 12.8 Å². The van der Waals surface area contributed by atoms with Crippen LogP contribution in [0.5, 0.6) is 11.5 Å². The monoisotopic (exact) mass is 324 g/mol. The summed E-state index contributed by atoms with van der Waals surface area (Å²) in [5.41, 5.74) is 1.61. The van der Waals surface area contributed by atoms with Crippen LogP contribution in [0.3, 0.4) is 0 Å². The van der Waals surface area contributed by atoms with E-state index in [2.05, 4.69) is 6.92 Å². The fourth-order valence-electron chi connectivity index (χ4n) is 2.24. The molecule has 0 bridgehead atoms. The summed E-state index contributed by atoms with van der Waals surface area (Å²) >= 11 is 0. The zero-order valence-electron chi connectivity index (χ0n) is 14.3. The van der Waals surface area contributed by atoms with Gasteiger partial charge in [-0.1, -0.05) is 38.0 Å². The molecule has 0 fully saturated rings. The van der Waals surface area contributed by atoms with Crippen molar-refractivity contribution in [1.82, 2.24) is 0 Å². The Balaban J connectivity index is 1.89. The largest absolute Gasteiger partial charge is 0.497 e. The number of rotatable bonds is 9. The van der Waals surface area contributed by atoms with Gasteiger partial charge in [-0.25, -0.2) is 0 Å². The van der Waals surface area contributed by atoms with E-state index in [0.29, 0.717) is 5.56 Å². The normalized spacial score (nSPS) is 10.8. The molecule has 126 valence electrons. The summed E-state index contributed by atoms with van der Waals surface area (Å²) in [5, 5.41) is 0. The molecule has 24 heavy (non-hydrogen) atoms. The van der Waals surface area contributed by atoms with Crippen molar-refractivity contribution in [2.75, 3.05) is 13.7 Å². The fraction of sp³-hybridized carbons (Fsp3) is 0.286. The van der Waals surface area contributed by atoms with Crippen molar-refractivity contribution < 1.29 is 14.3 Å². The lowest BCUT2D eigenvalue weighted by molar-refractivity contribution is 0.104. The van der Waals surface area contributed by atoms with Crippen molar-refractivity contribution in [3.63, 3.8) is 0 Å². The molecule has 0 unspecified atom stereocenters. The number of allylic oxidation sites excluding steroid dienone is 1. The Labute approximate surface area is 143 Å². The number of ketones is 1. The molecule has 2 rings (SSSR count). The summed E-state index contributed by atoms with van der Waals surface area (Å²) in [6.45, 7) is 2.92. The number of hydrogen-bond donors (Lipinski definition) is 0. The van der Waals surface area contributed by atoms with E-state index in [9.17, 15) is 4.79 Å². The van der Waals surface area contributed by atoms with E-state index in [1.54, 1.807) is 37.5 Å². The maximum absolute atomic E-state index is 12.1. The molecule has 0 aromatic heterocycles. The number of carbonyl (C=O) groups is 1. The predicted octanol–water partition coefficient (Wildman–Crippen LogP) is 5.16. The maximum atomic E-state index is 12.1. The van der Waals surface area contributed by atoms with Crippen molar-refractivity contribution in [2.45, 2.75) is 26.2 Å². The number of benzene rings is 2.